The Morgan fingerprint density at radius 1 is 1.29 bits per heavy atom. The molecule has 0 rings (SSSR count). The van der Waals surface area contributed by atoms with Gasteiger partial charge < -0.3 is 16.4 Å². The lowest BCUT2D eigenvalue weighted by Crippen LogP contribution is -2.43. The maximum Gasteiger partial charge on any atom is 0.242 e. The lowest BCUT2D eigenvalue weighted by molar-refractivity contribution is -0.128. The van der Waals surface area contributed by atoms with Crippen LogP contribution in [0.1, 0.15) is 40.0 Å². The van der Waals surface area contributed by atoms with E-state index in [4.69, 9.17) is 5.73 Å². The highest BCUT2D eigenvalue weighted by Crippen LogP contribution is 2.25. The van der Waals surface area contributed by atoms with Gasteiger partial charge in [0.2, 0.25) is 11.8 Å². The fourth-order valence-electron chi connectivity index (χ4n) is 1.56. The van der Waals surface area contributed by atoms with E-state index in [2.05, 4.69) is 24.5 Å². The van der Waals surface area contributed by atoms with Gasteiger partial charge in [0.05, 0.1) is 0 Å². The molecule has 5 nitrogen and oxygen atoms in total. The molecule has 0 aliphatic heterocycles. The molecular formula is C12H25N3O2. The van der Waals surface area contributed by atoms with E-state index in [0.717, 1.165) is 12.8 Å². The predicted molar refractivity (Wildman–Crippen MR) is 68.4 cm³/mol. The van der Waals surface area contributed by atoms with Gasteiger partial charge in [-0.3, -0.25) is 9.59 Å². The van der Waals surface area contributed by atoms with E-state index >= 15 is 0 Å². The summed E-state index contributed by atoms with van der Waals surface area (Å²) in [6, 6.07) is -0.481. The van der Waals surface area contributed by atoms with Crippen LogP contribution >= 0.6 is 0 Å². The zero-order chi connectivity index (χ0) is 13.5. The van der Waals surface area contributed by atoms with E-state index in [1.165, 1.54) is 0 Å². The monoisotopic (exact) mass is 243 g/mol. The van der Waals surface area contributed by atoms with Crippen LogP contribution in [0.25, 0.3) is 0 Å². The largest absolute Gasteiger partial charge is 0.357 e. The molecule has 0 fully saturated rings. The van der Waals surface area contributed by atoms with Crippen LogP contribution in [0.15, 0.2) is 0 Å². The molecule has 0 aromatic heterocycles. The summed E-state index contributed by atoms with van der Waals surface area (Å²) in [6.45, 7) is 6.48. The van der Waals surface area contributed by atoms with E-state index in [0.29, 0.717) is 13.0 Å². The minimum absolute atomic E-state index is 0.0718. The zero-order valence-corrected chi connectivity index (χ0v) is 11.3. The van der Waals surface area contributed by atoms with Gasteiger partial charge in [0.25, 0.3) is 0 Å². The highest BCUT2D eigenvalue weighted by Gasteiger charge is 2.20. The lowest BCUT2D eigenvalue weighted by Gasteiger charge is -2.23. The Morgan fingerprint density at radius 2 is 1.88 bits per heavy atom. The summed E-state index contributed by atoms with van der Waals surface area (Å²) in [5.74, 6) is -0.272. The fourth-order valence-corrected chi connectivity index (χ4v) is 1.56. The van der Waals surface area contributed by atoms with Crippen LogP contribution < -0.4 is 16.4 Å². The predicted octanol–water partition coefficient (Wildman–Crippen LogP) is 0.392. The smallest absolute Gasteiger partial charge is 0.242 e. The highest BCUT2D eigenvalue weighted by molar-refractivity contribution is 5.87. The molecule has 2 amide bonds. The molecule has 100 valence electrons. The first-order valence-electron chi connectivity index (χ1n) is 6.03. The SMILES string of the molecule is CNC(=O)C(C)NC(=O)CCC(C)(C)CCN. The lowest BCUT2D eigenvalue weighted by atomic mass is 9.84. The average Bonchev–Trinajstić information content (AvgIpc) is 2.25. The number of nitrogens with one attached hydrogen (secondary N) is 2. The molecule has 0 saturated heterocycles. The minimum Gasteiger partial charge on any atom is -0.357 e. The second kappa shape index (κ2) is 7.27. The number of amides is 2. The fraction of sp³-hybridized carbons (Fsp3) is 0.833. The third kappa shape index (κ3) is 6.94. The van der Waals surface area contributed by atoms with Crippen molar-refractivity contribution < 1.29 is 9.59 Å². The second-order valence-electron chi connectivity index (χ2n) is 5.11. The van der Waals surface area contributed by atoms with E-state index in [-0.39, 0.29) is 17.2 Å². The molecule has 0 heterocycles. The zero-order valence-electron chi connectivity index (χ0n) is 11.3. The summed E-state index contributed by atoms with van der Waals surface area (Å²) in [6.07, 6.45) is 2.09. The molecule has 0 aliphatic rings. The Labute approximate surface area is 104 Å². The summed E-state index contributed by atoms with van der Waals surface area (Å²) in [5.41, 5.74) is 5.58. The van der Waals surface area contributed by atoms with Crippen molar-refractivity contribution in [1.29, 1.82) is 0 Å². The number of nitrogens with two attached hydrogens (primary N) is 1. The highest BCUT2D eigenvalue weighted by atomic mass is 16.2. The summed E-state index contributed by atoms with van der Waals surface area (Å²) in [5, 5.41) is 5.16. The third-order valence-electron chi connectivity index (χ3n) is 2.87. The van der Waals surface area contributed by atoms with Crippen molar-refractivity contribution in [3.63, 3.8) is 0 Å². The number of carbonyl (C=O) groups is 2. The van der Waals surface area contributed by atoms with Gasteiger partial charge in [-0.1, -0.05) is 13.8 Å². The van der Waals surface area contributed by atoms with Gasteiger partial charge in [-0.05, 0) is 31.7 Å². The Balaban J connectivity index is 3.99. The van der Waals surface area contributed by atoms with Crippen LogP contribution in [-0.4, -0.2) is 31.4 Å². The molecule has 0 saturated carbocycles. The van der Waals surface area contributed by atoms with E-state index in [9.17, 15) is 9.59 Å². The third-order valence-corrected chi connectivity index (χ3v) is 2.87. The number of hydrogen-bond acceptors (Lipinski definition) is 3. The van der Waals surface area contributed by atoms with Gasteiger partial charge >= 0.3 is 0 Å². The van der Waals surface area contributed by atoms with Crippen molar-refractivity contribution in [3.05, 3.63) is 0 Å². The van der Waals surface area contributed by atoms with Gasteiger partial charge in [-0.25, -0.2) is 0 Å². The average molecular weight is 243 g/mol. The molecule has 0 spiro atoms. The molecule has 5 heteroatoms. The first kappa shape index (κ1) is 15.9. The van der Waals surface area contributed by atoms with Gasteiger partial charge in [0, 0.05) is 13.5 Å². The van der Waals surface area contributed by atoms with Crippen molar-refractivity contribution in [2.45, 2.75) is 46.1 Å². The van der Waals surface area contributed by atoms with Gasteiger partial charge in [-0.2, -0.15) is 0 Å². The van der Waals surface area contributed by atoms with Crippen LogP contribution in [0, 0.1) is 5.41 Å². The Hall–Kier alpha value is -1.10. The van der Waals surface area contributed by atoms with Crippen LogP contribution in [0.4, 0.5) is 0 Å². The van der Waals surface area contributed by atoms with Gasteiger partial charge in [0.15, 0.2) is 0 Å². The van der Waals surface area contributed by atoms with Crippen LogP contribution in [0.2, 0.25) is 0 Å². The molecule has 0 aliphatic carbocycles. The van der Waals surface area contributed by atoms with Crippen molar-refractivity contribution in [3.8, 4) is 0 Å². The second-order valence-corrected chi connectivity index (χ2v) is 5.11. The molecule has 0 bridgehead atoms. The van der Waals surface area contributed by atoms with Crippen molar-refractivity contribution >= 4 is 11.8 Å². The Morgan fingerprint density at radius 3 is 2.35 bits per heavy atom. The van der Waals surface area contributed by atoms with E-state index < -0.39 is 6.04 Å². The van der Waals surface area contributed by atoms with Gasteiger partial charge in [-0.15, -0.1) is 0 Å². The first-order chi connectivity index (χ1) is 7.82. The van der Waals surface area contributed by atoms with Crippen LogP contribution in [0.5, 0.6) is 0 Å². The molecule has 4 N–H and O–H groups in total. The number of likely N-dealkylation sites (N-methyl/N-ethyl adjacent to an activating group) is 1. The molecule has 1 atom stereocenters. The van der Waals surface area contributed by atoms with E-state index in [1.54, 1.807) is 14.0 Å². The van der Waals surface area contributed by atoms with E-state index in [1.807, 2.05) is 0 Å². The number of carbonyl (C=O) groups excluding carboxylic acids is 2. The molecule has 0 aromatic carbocycles. The normalized spacial score (nSPS) is 13.0. The number of rotatable bonds is 7. The van der Waals surface area contributed by atoms with Crippen molar-refractivity contribution in [2.75, 3.05) is 13.6 Å². The summed E-state index contributed by atoms with van der Waals surface area (Å²) in [7, 11) is 1.55. The van der Waals surface area contributed by atoms with Crippen LogP contribution in [0.3, 0.4) is 0 Å². The quantitative estimate of drug-likeness (QED) is 0.605. The minimum atomic E-state index is -0.481. The topological polar surface area (TPSA) is 84.2 Å². The molecule has 1 unspecified atom stereocenters. The first-order valence-corrected chi connectivity index (χ1v) is 6.03. The standard InChI is InChI=1S/C12H25N3O2/c1-9(11(17)14-4)15-10(16)5-6-12(2,3)7-8-13/h9H,5-8,13H2,1-4H3,(H,14,17)(H,15,16). The molecule has 0 radical (unpaired) electrons. The van der Waals surface area contributed by atoms with Gasteiger partial charge in [0.1, 0.15) is 6.04 Å². The maximum atomic E-state index is 11.6. The molecular weight excluding hydrogens is 218 g/mol. The summed E-state index contributed by atoms with van der Waals surface area (Å²) in [4.78, 5) is 22.8. The molecule has 17 heavy (non-hydrogen) atoms. The maximum absolute atomic E-state index is 11.6. The Bertz CT molecular complexity index is 264. The summed E-state index contributed by atoms with van der Waals surface area (Å²) < 4.78 is 0. The number of hydrogen-bond donors (Lipinski definition) is 3. The summed E-state index contributed by atoms with van der Waals surface area (Å²) >= 11 is 0. The van der Waals surface area contributed by atoms with Crippen molar-refractivity contribution in [2.24, 2.45) is 11.1 Å². The molecule has 0 aromatic rings. The van der Waals surface area contributed by atoms with Crippen molar-refractivity contribution in [1.82, 2.24) is 10.6 Å². The van der Waals surface area contributed by atoms with Crippen LogP contribution in [-0.2, 0) is 9.59 Å². The Kier molecular flexibility index (Phi) is 6.80.